The van der Waals surface area contributed by atoms with Gasteiger partial charge >= 0.3 is 12.1 Å². The number of oxime groups is 1. The van der Waals surface area contributed by atoms with Crippen LogP contribution in [0.4, 0.5) is 4.79 Å². The van der Waals surface area contributed by atoms with E-state index in [-0.39, 0.29) is 11.6 Å². The molecule has 10 rings (SSSR count). The van der Waals surface area contributed by atoms with E-state index in [2.05, 4.69) is 81.8 Å². The lowest BCUT2D eigenvalue weighted by atomic mass is 9.94. The second-order valence-corrected chi connectivity index (χ2v) is 19.3. The molecule has 13 heteroatoms. The highest BCUT2D eigenvalue weighted by atomic mass is 16.7. The van der Waals surface area contributed by atoms with E-state index in [0.29, 0.717) is 59.1 Å². The summed E-state index contributed by atoms with van der Waals surface area (Å²) in [5, 5.41) is 19.6. The number of unbranched alkanes of at least 4 members (excludes halogenated alkanes) is 3. The number of rotatable bonds is 20. The highest BCUT2D eigenvalue weighted by Crippen LogP contribution is 2.38. The number of allylic oxidation sites excluding steroid dienone is 1. The molecule has 79 heavy (non-hydrogen) atoms. The summed E-state index contributed by atoms with van der Waals surface area (Å²) < 4.78 is 16.6. The first kappa shape index (κ1) is 54.7. The average molecular weight is 1060 g/mol. The largest absolute Gasteiger partial charge is 0.524 e. The lowest BCUT2D eigenvalue weighted by Crippen LogP contribution is -2.06. The van der Waals surface area contributed by atoms with Crippen molar-refractivity contribution < 1.29 is 43.4 Å². The minimum atomic E-state index is -1.47. The van der Waals surface area contributed by atoms with Crippen LogP contribution in [0.3, 0.4) is 0 Å². The van der Waals surface area contributed by atoms with Crippen LogP contribution in [-0.2, 0) is 27.6 Å². The van der Waals surface area contributed by atoms with Gasteiger partial charge in [0.15, 0.2) is 11.6 Å². The fraction of sp³-hybridized carbons (Fsp3) is 0.227. The standard InChI is InChI=1S/C65H61N3O6.CH3NO3/c1-7-67-56-31-25-45(37-51(56)53-39-47(27-33-58(53)67)64(70)62-49-22-17-15-20-43(49)29-35-60(62)72-9-3)41(5)19-13-11-12-14-24-55(66-74-42(6)69)46-26-32-57-52(38-46)54-40-48(28-34-59(54)68(57)8-2)65(71)63-50-23-18-16-21-44(50)30-36-61(63)73-10-4;2-5-1(3)4/h15-18,20-23,25-40H,5,7-14,19,24H2,1-4,6H3;2H2,(H,3,4)/b66-55+;. The third kappa shape index (κ3) is 11.4. The van der Waals surface area contributed by atoms with Gasteiger partial charge in [-0.3, -0.25) is 9.59 Å². The molecule has 0 saturated carbocycles. The highest BCUT2D eigenvalue weighted by Gasteiger charge is 2.23. The molecule has 402 valence electrons. The average Bonchev–Trinajstić information content (AvgIpc) is 3.97. The number of carbonyl (C=O) groups is 4. The molecule has 0 aliphatic rings. The summed E-state index contributed by atoms with van der Waals surface area (Å²) in [6, 6.07) is 48.5. The molecule has 0 saturated heterocycles. The van der Waals surface area contributed by atoms with E-state index in [1.54, 1.807) is 0 Å². The number of ether oxygens (including phenoxy) is 2. The normalized spacial score (nSPS) is 11.5. The van der Waals surface area contributed by atoms with Crippen molar-refractivity contribution in [2.45, 2.75) is 86.2 Å². The van der Waals surface area contributed by atoms with Crippen LogP contribution in [0.15, 0.2) is 157 Å². The van der Waals surface area contributed by atoms with Crippen molar-refractivity contribution in [3.63, 3.8) is 0 Å². The maximum absolute atomic E-state index is 14.5. The molecule has 13 nitrogen and oxygen atoms in total. The molecule has 0 spiro atoms. The number of aryl methyl sites for hydroxylation is 2. The summed E-state index contributed by atoms with van der Waals surface area (Å²) in [7, 11) is 0. The molecule has 0 amide bonds. The maximum Gasteiger partial charge on any atom is 0.524 e. The summed E-state index contributed by atoms with van der Waals surface area (Å²) in [5.41, 5.74) is 10.4. The highest BCUT2D eigenvalue weighted by molar-refractivity contribution is 6.22. The Kier molecular flexibility index (Phi) is 17.0. The Morgan fingerprint density at radius 2 is 0.924 bits per heavy atom. The van der Waals surface area contributed by atoms with E-state index in [1.165, 1.54) is 6.92 Å². The first-order valence-electron chi connectivity index (χ1n) is 26.9. The summed E-state index contributed by atoms with van der Waals surface area (Å²) in [4.78, 5) is 58.5. The zero-order chi connectivity index (χ0) is 55.7. The maximum atomic E-state index is 14.5. The molecule has 0 aliphatic heterocycles. The van der Waals surface area contributed by atoms with Crippen LogP contribution < -0.4 is 15.4 Å². The Morgan fingerprint density at radius 3 is 1.35 bits per heavy atom. The van der Waals surface area contributed by atoms with Crippen LogP contribution in [-0.4, -0.2) is 56.9 Å². The van der Waals surface area contributed by atoms with Gasteiger partial charge in [0, 0.05) is 80.3 Å². The number of nitrogens with zero attached hydrogens (tertiary/aromatic N) is 3. The zero-order valence-corrected chi connectivity index (χ0v) is 45.3. The van der Waals surface area contributed by atoms with Crippen LogP contribution in [0.2, 0.25) is 0 Å². The Balaban J connectivity index is 0.00000145. The Hall–Kier alpha value is -9.07. The van der Waals surface area contributed by atoms with Crippen LogP contribution in [0.25, 0.3) is 70.7 Å². The SMILES string of the molecule is C=C(CCCCCC/C(=N\OC(C)=O)c1ccc2c(c1)c1cc(C(=O)c3c(OCC)ccc4ccccc34)ccc1n2CC)c1ccc2c(c1)c1cc(C(=O)c3c(OCC)ccc4ccccc34)ccc1n2CC.NOC(=O)O. The third-order valence-corrected chi connectivity index (χ3v) is 14.5. The number of benzene rings is 8. The minimum Gasteiger partial charge on any atom is -0.493 e. The van der Waals surface area contributed by atoms with Crippen molar-refractivity contribution in [1.29, 1.82) is 0 Å². The molecule has 10 aromatic rings. The van der Waals surface area contributed by atoms with Crippen molar-refractivity contribution in [3.05, 3.63) is 186 Å². The number of hydrogen-bond donors (Lipinski definition) is 2. The van der Waals surface area contributed by atoms with E-state index in [9.17, 15) is 14.4 Å². The predicted molar refractivity (Wildman–Crippen MR) is 316 cm³/mol. The molecule has 0 fully saturated rings. The number of carboxylic acid groups (broad SMARTS) is 1. The lowest BCUT2D eigenvalue weighted by molar-refractivity contribution is -0.140. The first-order valence-corrected chi connectivity index (χ1v) is 26.9. The smallest absolute Gasteiger partial charge is 0.493 e. The Labute approximate surface area is 458 Å². The van der Waals surface area contributed by atoms with Crippen molar-refractivity contribution >= 4 is 100 Å². The second-order valence-electron chi connectivity index (χ2n) is 19.3. The molecule has 8 aromatic carbocycles. The third-order valence-electron chi connectivity index (χ3n) is 14.5. The van der Waals surface area contributed by atoms with Gasteiger partial charge < -0.3 is 33.4 Å². The molecule has 2 heterocycles. The monoisotopic (exact) mass is 1060 g/mol. The van der Waals surface area contributed by atoms with Crippen LogP contribution in [0.5, 0.6) is 11.5 Å². The van der Waals surface area contributed by atoms with E-state index in [0.717, 1.165) is 127 Å². The van der Waals surface area contributed by atoms with Crippen LogP contribution in [0.1, 0.15) is 116 Å². The number of nitrogens with two attached hydrogens (primary N) is 1. The van der Waals surface area contributed by atoms with Gasteiger partial charge in [-0.1, -0.05) is 97.4 Å². The molecule has 3 N–H and O–H groups in total. The second kappa shape index (κ2) is 24.5. The van der Waals surface area contributed by atoms with Gasteiger partial charge in [0.05, 0.1) is 30.1 Å². The summed E-state index contributed by atoms with van der Waals surface area (Å²) in [6.07, 6.45) is 3.74. The van der Waals surface area contributed by atoms with Gasteiger partial charge in [-0.25, -0.2) is 9.59 Å². The first-order chi connectivity index (χ1) is 38.4. The molecular weight excluding hydrogens is 993 g/mol. The Bertz CT molecular complexity index is 4020. The summed E-state index contributed by atoms with van der Waals surface area (Å²) in [6.45, 7) is 16.5. The molecule has 0 aliphatic carbocycles. The van der Waals surface area contributed by atoms with E-state index in [4.69, 9.17) is 24.2 Å². The summed E-state index contributed by atoms with van der Waals surface area (Å²) >= 11 is 0. The Morgan fingerprint density at radius 1 is 0.519 bits per heavy atom. The van der Waals surface area contributed by atoms with Gasteiger partial charge in [-0.2, -0.15) is 5.90 Å². The number of hydrogen-bond acceptors (Lipinski definition) is 10. The van der Waals surface area contributed by atoms with Crippen molar-refractivity contribution in [1.82, 2.24) is 9.13 Å². The van der Waals surface area contributed by atoms with Crippen LogP contribution in [0, 0.1) is 0 Å². The van der Waals surface area contributed by atoms with E-state index in [1.807, 2.05) is 123 Å². The van der Waals surface area contributed by atoms with Gasteiger partial charge in [0.1, 0.15) is 11.5 Å². The topological polar surface area (TPSA) is 174 Å². The number of ketones is 2. The number of fused-ring (bicyclic) bond motifs is 8. The van der Waals surface area contributed by atoms with Gasteiger partial charge in [0.2, 0.25) is 0 Å². The predicted octanol–water partition coefficient (Wildman–Crippen LogP) is 15.4. The molecule has 0 unspecified atom stereocenters. The van der Waals surface area contributed by atoms with Crippen molar-refractivity contribution in [2.75, 3.05) is 13.2 Å². The summed E-state index contributed by atoms with van der Waals surface area (Å²) in [5.74, 6) is 4.60. The van der Waals surface area contributed by atoms with Gasteiger partial charge in [0.25, 0.3) is 0 Å². The van der Waals surface area contributed by atoms with Crippen LogP contribution >= 0.6 is 0 Å². The minimum absolute atomic E-state index is 0.0606. The fourth-order valence-corrected chi connectivity index (χ4v) is 10.9. The number of carbonyl (C=O) groups excluding carboxylic acids is 3. The van der Waals surface area contributed by atoms with E-state index >= 15 is 0 Å². The van der Waals surface area contributed by atoms with Gasteiger partial charge in [-0.05, 0) is 159 Å². The molecule has 0 bridgehead atoms. The zero-order valence-electron chi connectivity index (χ0n) is 45.3. The number of aromatic nitrogens is 2. The molecule has 0 atom stereocenters. The van der Waals surface area contributed by atoms with Crippen molar-refractivity contribution in [2.24, 2.45) is 11.1 Å². The quantitative estimate of drug-likeness (QED) is 0.0246. The molecule has 0 radical (unpaired) electrons. The van der Waals surface area contributed by atoms with Crippen molar-refractivity contribution in [3.8, 4) is 11.5 Å². The lowest BCUT2D eigenvalue weighted by Gasteiger charge is -2.13. The fourth-order valence-electron chi connectivity index (χ4n) is 10.9. The molecule has 2 aromatic heterocycles. The van der Waals surface area contributed by atoms with Gasteiger partial charge in [-0.15, -0.1) is 0 Å². The molecular formula is C66H64N4O9. The van der Waals surface area contributed by atoms with E-state index < -0.39 is 12.1 Å².